The Balaban J connectivity index is 1.84. The molecule has 3 nitrogen and oxygen atoms in total. The number of allylic oxidation sites excluding steroid dienone is 3. The van der Waals surface area contributed by atoms with E-state index in [1.165, 1.54) is 0 Å². The second-order valence-corrected chi connectivity index (χ2v) is 9.23. The molecule has 1 unspecified atom stereocenters. The van der Waals surface area contributed by atoms with Gasteiger partial charge in [0.1, 0.15) is 5.78 Å². The van der Waals surface area contributed by atoms with Crippen LogP contribution in [0.2, 0.25) is 0 Å². The summed E-state index contributed by atoms with van der Waals surface area (Å²) in [5, 5.41) is 10.0. The second-order valence-electron chi connectivity index (χ2n) is 9.23. The molecule has 24 heavy (non-hydrogen) atoms. The predicted molar refractivity (Wildman–Crippen MR) is 92.2 cm³/mol. The highest BCUT2D eigenvalue weighted by molar-refractivity contribution is 6.01. The first kappa shape index (κ1) is 16.3. The molecular weight excluding hydrogens is 300 g/mol. The molecule has 0 spiro atoms. The lowest BCUT2D eigenvalue weighted by molar-refractivity contribution is -0.142. The number of hydrogen-bond donors (Lipinski definition) is 1. The van der Waals surface area contributed by atoms with Gasteiger partial charge in [0.05, 0.1) is 0 Å². The molecule has 0 amide bonds. The smallest absolute Gasteiger partial charge is 0.178 e. The van der Waals surface area contributed by atoms with E-state index in [2.05, 4.69) is 26.8 Å². The van der Waals surface area contributed by atoms with Crippen LogP contribution < -0.4 is 0 Å². The van der Waals surface area contributed by atoms with Gasteiger partial charge in [-0.25, -0.2) is 0 Å². The van der Waals surface area contributed by atoms with E-state index in [0.717, 1.165) is 31.3 Å². The minimum absolute atomic E-state index is 0.0307. The van der Waals surface area contributed by atoms with E-state index in [4.69, 9.17) is 0 Å². The third-order valence-electron chi connectivity index (χ3n) is 8.19. The number of fused-ring (bicyclic) bond motifs is 5. The number of carbonyl (C=O) groups is 2. The highest BCUT2D eigenvalue weighted by Gasteiger charge is 2.65. The van der Waals surface area contributed by atoms with Gasteiger partial charge in [-0.3, -0.25) is 9.59 Å². The van der Waals surface area contributed by atoms with Crippen LogP contribution in [0, 0.1) is 34.0 Å². The van der Waals surface area contributed by atoms with Crippen LogP contribution in [0.3, 0.4) is 0 Å². The standard InChI is InChI=1S/C21H28O3/c1-19-8-6-14(23)10-15(19)13(12-22)11-21(3)16-4-5-18(24)20(16,2)9-7-17(19)21/h6,8,10,13,16-17,22H,4-5,7,9,11-12H2,1-3H3/t13-,16-,17-,19+,20+,21?/m1/s1. The summed E-state index contributed by atoms with van der Waals surface area (Å²) >= 11 is 0. The van der Waals surface area contributed by atoms with Crippen molar-refractivity contribution in [3.8, 4) is 0 Å². The Morgan fingerprint density at radius 3 is 2.62 bits per heavy atom. The zero-order valence-corrected chi connectivity index (χ0v) is 15.0. The van der Waals surface area contributed by atoms with Crippen LogP contribution in [-0.2, 0) is 9.59 Å². The maximum atomic E-state index is 12.6. The molecule has 0 bridgehead atoms. The lowest BCUT2D eigenvalue weighted by atomic mass is 9.41. The minimum Gasteiger partial charge on any atom is -0.396 e. The van der Waals surface area contributed by atoms with Crippen LogP contribution in [-0.4, -0.2) is 23.3 Å². The Morgan fingerprint density at radius 2 is 1.92 bits per heavy atom. The Kier molecular flexibility index (Phi) is 3.32. The topological polar surface area (TPSA) is 54.4 Å². The van der Waals surface area contributed by atoms with Crippen molar-refractivity contribution in [2.45, 2.75) is 52.9 Å². The van der Waals surface area contributed by atoms with Crippen LogP contribution in [0.25, 0.3) is 0 Å². The van der Waals surface area contributed by atoms with Crippen molar-refractivity contribution in [2.75, 3.05) is 6.61 Å². The first-order valence-corrected chi connectivity index (χ1v) is 9.35. The molecule has 3 fully saturated rings. The molecule has 130 valence electrons. The van der Waals surface area contributed by atoms with Crippen molar-refractivity contribution in [1.82, 2.24) is 0 Å². The van der Waals surface area contributed by atoms with E-state index < -0.39 is 0 Å². The minimum atomic E-state index is -0.183. The van der Waals surface area contributed by atoms with Gasteiger partial charge in [-0.1, -0.05) is 32.4 Å². The Morgan fingerprint density at radius 1 is 1.17 bits per heavy atom. The van der Waals surface area contributed by atoms with Crippen molar-refractivity contribution in [3.63, 3.8) is 0 Å². The summed E-state index contributed by atoms with van der Waals surface area (Å²) in [5.74, 6) is 1.35. The van der Waals surface area contributed by atoms with E-state index in [1.807, 2.05) is 0 Å². The Labute approximate surface area is 144 Å². The zero-order chi connectivity index (χ0) is 17.3. The predicted octanol–water partition coefficient (Wildman–Crippen LogP) is 3.47. The largest absolute Gasteiger partial charge is 0.396 e. The summed E-state index contributed by atoms with van der Waals surface area (Å²) in [6.07, 6.45) is 10.1. The number of aliphatic hydroxyl groups excluding tert-OH is 1. The lowest BCUT2D eigenvalue weighted by Gasteiger charge is -2.63. The molecule has 6 atom stereocenters. The number of ketones is 2. The van der Waals surface area contributed by atoms with Gasteiger partial charge in [0, 0.05) is 29.8 Å². The third-order valence-corrected chi connectivity index (χ3v) is 8.19. The van der Waals surface area contributed by atoms with Gasteiger partial charge in [-0.2, -0.15) is 0 Å². The Bertz CT molecular complexity index is 675. The fraction of sp³-hybridized carbons (Fsp3) is 0.714. The molecule has 4 aliphatic carbocycles. The van der Waals surface area contributed by atoms with Gasteiger partial charge in [0.2, 0.25) is 0 Å². The zero-order valence-electron chi connectivity index (χ0n) is 15.0. The molecule has 4 rings (SSSR count). The maximum Gasteiger partial charge on any atom is 0.178 e. The van der Waals surface area contributed by atoms with E-state index in [0.29, 0.717) is 24.0 Å². The van der Waals surface area contributed by atoms with Crippen LogP contribution >= 0.6 is 0 Å². The molecule has 0 aromatic rings. The summed E-state index contributed by atoms with van der Waals surface area (Å²) < 4.78 is 0. The van der Waals surface area contributed by atoms with Crippen molar-refractivity contribution in [1.29, 1.82) is 0 Å². The van der Waals surface area contributed by atoms with Gasteiger partial charge in [0.25, 0.3) is 0 Å². The Hall–Kier alpha value is -1.22. The highest BCUT2D eigenvalue weighted by atomic mass is 16.3. The van der Waals surface area contributed by atoms with Gasteiger partial charge >= 0.3 is 0 Å². The van der Waals surface area contributed by atoms with Crippen LogP contribution in [0.5, 0.6) is 0 Å². The molecule has 0 aromatic carbocycles. The van der Waals surface area contributed by atoms with Crippen molar-refractivity contribution < 1.29 is 14.7 Å². The van der Waals surface area contributed by atoms with Crippen molar-refractivity contribution >= 4 is 11.6 Å². The monoisotopic (exact) mass is 328 g/mol. The molecule has 0 saturated heterocycles. The highest BCUT2D eigenvalue weighted by Crippen LogP contribution is 2.70. The quantitative estimate of drug-likeness (QED) is 0.802. The van der Waals surface area contributed by atoms with Crippen molar-refractivity contribution in [3.05, 3.63) is 23.8 Å². The van der Waals surface area contributed by atoms with Crippen LogP contribution in [0.15, 0.2) is 23.8 Å². The average Bonchev–Trinajstić information content (AvgIpc) is 2.84. The molecule has 0 heterocycles. The molecule has 4 aliphatic rings. The number of aliphatic hydroxyl groups is 1. The summed E-state index contributed by atoms with van der Waals surface area (Å²) in [7, 11) is 0. The number of carbonyl (C=O) groups excluding carboxylic acids is 2. The molecular formula is C21H28O3. The normalized spacial score (nSPS) is 50.2. The fourth-order valence-corrected chi connectivity index (χ4v) is 7.12. The summed E-state index contributed by atoms with van der Waals surface area (Å²) in [6.45, 7) is 6.86. The van der Waals surface area contributed by atoms with Gasteiger partial charge in [-0.05, 0) is 55.1 Å². The molecule has 1 N–H and O–H groups in total. The number of Topliss-reactive ketones (excluding diaryl/α,β-unsaturated/α-hetero) is 1. The molecule has 0 aliphatic heterocycles. The number of hydrogen-bond acceptors (Lipinski definition) is 3. The maximum absolute atomic E-state index is 12.6. The first-order chi connectivity index (χ1) is 11.3. The van der Waals surface area contributed by atoms with E-state index in [-0.39, 0.29) is 34.6 Å². The second kappa shape index (κ2) is 4.91. The van der Waals surface area contributed by atoms with Gasteiger partial charge in [-0.15, -0.1) is 0 Å². The van der Waals surface area contributed by atoms with E-state index >= 15 is 0 Å². The first-order valence-electron chi connectivity index (χ1n) is 9.35. The van der Waals surface area contributed by atoms with Gasteiger partial charge in [0.15, 0.2) is 5.78 Å². The van der Waals surface area contributed by atoms with Crippen LogP contribution in [0.4, 0.5) is 0 Å². The molecule has 0 radical (unpaired) electrons. The third kappa shape index (κ3) is 1.82. The number of rotatable bonds is 1. The molecule has 0 aromatic heterocycles. The van der Waals surface area contributed by atoms with Crippen LogP contribution in [0.1, 0.15) is 52.9 Å². The lowest BCUT2D eigenvalue weighted by Crippen LogP contribution is -2.58. The summed E-state index contributed by atoms with van der Waals surface area (Å²) in [4.78, 5) is 24.5. The molecule has 3 heteroatoms. The fourth-order valence-electron chi connectivity index (χ4n) is 7.12. The van der Waals surface area contributed by atoms with Crippen molar-refractivity contribution in [2.24, 2.45) is 34.0 Å². The SMILES string of the molecule is CC12C[C@H](CO)C3=CC(=O)C=C[C@]3(C)[C@H]1CC[C@]1(C)C(=O)CC[C@@H]21. The average molecular weight is 328 g/mol. The molecule has 3 saturated carbocycles. The van der Waals surface area contributed by atoms with E-state index in [1.54, 1.807) is 12.2 Å². The van der Waals surface area contributed by atoms with E-state index in [9.17, 15) is 14.7 Å². The summed E-state index contributed by atoms with van der Waals surface area (Å²) in [5.41, 5.74) is 0.815. The summed E-state index contributed by atoms with van der Waals surface area (Å²) in [6, 6.07) is 0. The van der Waals surface area contributed by atoms with Gasteiger partial charge < -0.3 is 5.11 Å².